The molecule has 1 heterocycles. The predicted molar refractivity (Wildman–Crippen MR) is 48.9 cm³/mol. The second-order valence-corrected chi connectivity index (χ2v) is 2.95. The molecule has 1 aliphatic rings. The van der Waals surface area contributed by atoms with Gasteiger partial charge in [-0.25, -0.2) is 0 Å². The van der Waals surface area contributed by atoms with Gasteiger partial charge in [0.05, 0.1) is 0 Å². The number of ether oxygens (including phenoxy) is 2. The topological polar surface area (TPSA) is 18.5 Å². The number of rotatable bonds is 0. The van der Waals surface area contributed by atoms with Crippen LogP contribution in [0, 0.1) is 6.07 Å². The molecule has 1 aliphatic heterocycles. The number of benzene rings is 2. The Morgan fingerprint density at radius 2 is 2.15 bits per heavy atom. The van der Waals surface area contributed by atoms with E-state index in [0.29, 0.717) is 6.79 Å². The summed E-state index contributed by atoms with van der Waals surface area (Å²) in [7, 11) is 0. The van der Waals surface area contributed by atoms with E-state index in [9.17, 15) is 0 Å². The molecule has 13 heavy (non-hydrogen) atoms. The standard InChI is InChI=1S/C11H7O2/c1-2-4-9-8(3-1)5-6-10-11(9)13-7-12-10/h1,3-6H,7H2. The lowest BCUT2D eigenvalue weighted by Crippen LogP contribution is -1.93. The highest BCUT2D eigenvalue weighted by molar-refractivity contribution is 5.90. The molecule has 63 valence electrons. The Morgan fingerprint density at radius 3 is 3.15 bits per heavy atom. The van der Waals surface area contributed by atoms with E-state index in [4.69, 9.17) is 9.47 Å². The molecule has 0 amide bonds. The van der Waals surface area contributed by atoms with Gasteiger partial charge in [0, 0.05) is 5.39 Å². The first-order chi connectivity index (χ1) is 6.45. The van der Waals surface area contributed by atoms with E-state index in [-0.39, 0.29) is 0 Å². The Hall–Kier alpha value is -1.70. The molecule has 0 N–H and O–H groups in total. The second-order valence-electron chi connectivity index (χ2n) is 2.95. The van der Waals surface area contributed by atoms with Gasteiger partial charge in [0.25, 0.3) is 0 Å². The fourth-order valence-corrected chi connectivity index (χ4v) is 1.57. The molecule has 0 bridgehead atoms. The molecule has 1 radical (unpaired) electrons. The van der Waals surface area contributed by atoms with Crippen molar-refractivity contribution in [1.29, 1.82) is 0 Å². The van der Waals surface area contributed by atoms with Crippen molar-refractivity contribution in [2.24, 2.45) is 0 Å². The molecule has 2 nitrogen and oxygen atoms in total. The highest BCUT2D eigenvalue weighted by Crippen LogP contribution is 2.38. The van der Waals surface area contributed by atoms with Crippen LogP contribution in [-0.4, -0.2) is 6.79 Å². The molecule has 2 aromatic carbocycles. The van der Waals surface area contributed by atoms with Gasteiger partial charge < -0.3 is 9.47 Å². The third kappa shape index (κ3) is 0.886. The maximum atomic E-state index is 5.37. The molecule has 0 spiro atoms. The van der Waals surface area contributed by atoms with Gasteiger partial charge in [0.2, 0.25) is 6.79 Å². The van der Waals surface area contributed by atoms with Gasteiger partial charge in [0.1, 0.15) is 0 Å². The quantitative estimate of drug-likeness (QED) is 0.605. The van der Waals surface area contributed by atoms with E-state index < -0.39 is 0 Å². The molecular weight excluding hydrogens is 164 g/mol. The van der Waals surface area contributed by atoms with Crippen LogP contribution in [0.1, 0.15) is 0 Å². The molecule has 0 atom stereocenters. The van der Waals surface area contributed by atoms with Crippen molar-refractivity contribution in [2.75, 3.05) is 6.79 Å². The highest BCUT2D eigenvalue weighted by Gasteiger charge is 2.15. The lowest BCUT2D eigenvalue weighted by atomic mass is 10.1. The number of hydrogen-bond donors (Lipinski definition) is 0. The number of hydrogen-bond acceptors (Lipinski definition) is 2. The van der Waals surface area contributed by atoms with Gasteiger partial charge in [-0.1, -0.05) is 18.2 Å². The highest BCUT2D eigenvalue weighted by atomic mass is 16.7. The van der Waals surface area contributed by atoms with Crippen molar-refractivity contribution in [2.45, 2.75) is 0 Å². The molecule has 0 aliphatic carbocycles. The normalized spacial score (nSPS) is 13.5. The zero-order valence-corrected chi connectivity index (χ0v) is 6.91. The number of fused-ring (bicyclic) bond motifs is 3. The minimum atomic E-state index is 0.323. The van der Waals surface area contributed by atoms with Gasteiger partial charge in [-0.2, -0.15) is 0 Å². The van der Waals surface area contributed by atoms with Gasteiger partial charge >= 0.3 is 0 Å². The van der Waals surface area contributed by atoms with Gasteiger partial charge in [0.15, 0.2) is 11.5 Å². The van der Waals surface area contributed by atoms with E-state index in [1.165, 1.54) is 0 Å². The summed E-state index contributed by atoms with van der Waals surface area (Å²) in [5, 5.41) is 2.22. The summed E-state index contributed by atoms with van der Waals surface area (Å²) in [5.74, 6) is 1.67. The van der Waals surface area contributed by atoms with Crippen molar-refractivity contribution < 1.29 is 9.47 Å². The van der Waals surface area contributed by atoms with E-state index in [1.54, 1.807) is 0 Å². The molecule has 2 aromatic rings. The first kappa shape index (κ1) is 6.78. The Bertz CT molecular complexity index is 463. The van der Waals surface area contributed by atoms with Crippen LogP contribution < -0.4 is 9.47 Å². The third-order valence-corrected chi connectivity index (χ3v) is 2.20. The third-order valence-electron chi connectivity index (χ3n) is 2.20. The molecular formula is C11H7O2. The van der Waals surface area contributed by atoms with Crippen molar-refractivity contribution in [3.63, 3.8) is 0 Å². The van der Waals surface area contributed by atoms with Gasteiger partial charge in [-0.05, 0) is 23.6 Å². The average Bonchev–Trinajstić information content (AvgIpc) is 2.65. The summed E-state index contributed by atoms with van der Waals surface area (Å²) in [6.45, 7) is 0.323. The summed E-state index contributed by atoms with van der Waals surface area (Å²) in [6, 6.07) is 12.8. The van der Waals surface area contributed by atoms with Crippen molar-refractivity contribution in [3.05, 3.63) is 36.4 Å². The minimum Gasteiger partial charge on any atom is -0.454 e. The maximum Gasteiger partial charge on any atom is 0.231 e. The summed E-state index contributed by atoms with van der Waals surface area (Å²) in [5.41, 5.74) is 0. The zero-order chi connectivity index (χ0) is 8.67. The fraction of sp³-hybridized carbons (Fsp3) is 0.0909. The van der Waals surface area contributed by atoms with Crippen LogP contribution in [0.4, 0.5) is 0 Å². The van der Waals surface area contributed by atoms with E-state index >= 15 is 0 Å². The van der Waals surface area contributed by atoms with E-state index in [1.807, 2.05) is 30.3 Å². The smallest absolute Gasteiger partial charge is 0.231 e. The fourth-order valence-electron chi connectivity index (χ4n) is 1.57. The Labute approximate surface area is 75.7 Å². The van der Waals surface area contributed by atoms with E-state index in [2.05, 4.69) is 6.07 Å². The minimum absolute atomic E-state index is 0.323. The Balaban J connectivity index is 2.43. The lowest BCUT2D eigenvalue weighted by molar-refractivity contribution is 0.175. The zero-order valence-electron chi connectivity index (χ0n) is 6.91. The molecule has 0 saturated carbocycles. The molecule has 0 aromatic heterocycles. The summed E-state index contributed by atoms with van der Waals surface area (Å²) in [4.78, 5) is 0. The molecule has 0 fully saturated rings. The average molecular weight is 171 g/mol. The van der Waals surface area contributed by atoms with Crippen LogP contribution in [-0.2, 0) is 0 Å². The molecule has 0 unspecified atom stereocenters. The van der Waals surface area contributed by atoms with Gasteiger partial charge in [-0.15, -0.1) is 0 Å². The van der Waals surface area contributed by atoms with Gasteiger partial charge in [-0.3, -0.25) is 0 Å². The van der Waals surface area contributed by atoms with Crippen LogP contribution >= 0.6 is 0 Å². The van der Waals surface area contributed by atoms with Crippen LogP contribution in [0.15, 0.2) is 30.3 Å². The van der Waals surface area contributed by atoms with Crippen LogP contribution in [0.5, 0.6) is 11.5 Å². The van der Waals surface area contributed by atoms with Crippen molar-refractivity contribution in [3.8, 4) is 11.5 Å². The summed E-state index contributed by atoms with van der Waals surface area (Å²) < 4.78 is 10.6. The SMILES string of the molecule is [c]1ccc2ccc3c(c2c1)OCO3. The summed E-state index contributed by atoms with van der Waals surface area (Å²) in [6.07, 6.45) is 0. The van der Waals surface area contributed by atoms with Crippen molar-refractivity contribution >= 4 is 10.8 Å². The molecule has 3 rings (SSSR count). The predicted octanol–water partition coefficient (Wildman–Crippen LogP) is 2.37. The monoisotopic (exact) mass is 171 g/mol. The van der Waals surface area contributed by atoms with Crippen LogP contribution in [0.2, 0.25) is 0 Å². The van der Waals surface area contributed by atoms with Crippen molar-refractivity contribution in [1.82, 2.24) is 0 Å². The largest absolute Gasteiger partial charge is 0.454 e. The van der Waals surface area contributed by atoms with Crippen LogP contribution in [0.3, 0.4) is 0 Å². The Kier molecular flexibility index (Phi) is 1.25. The molecule has 0 saturated heterocycles. The Morgan fingerprint density at radius 1 is 1.15 bits per heavy atom. The first-order valence-corrected chi connectivity index (χ1v) is 4.13. The second kappa shape index (κ2) is 2.39. The lowest BCUT2D eigenvalue weighted by Gasteiger charge is -2.00. The molecule has 2 heteroatoms. The van der Waals surface area contributed by atoms with Crippen LogP contribution in [0.25, 0.3) is 10.8 Å². The van der Waals surface area contributed by atoms with E-state index in [0.717, 1.165) is 22.3 Å². The first-order valence-electron chi connectivity index (χ1n) is 4.13. The summed E-state index contributed by atoms with van der Waals surface area (Å²) >= 11 is 0. The maximum absolute atomic E-state index is 5.37.